The molecule has 0 bridgehead atoms. The lowest BCUT2D eigenvalue weighted by Gasteiger charge is -2.23. The number of rotatable bonds is 3. The van der Waals surface area contributed by atoms with Gasteiger partial charge in [-0.25, -0.2) is 4.39 Å². The maximum absolute atomic E-state index is 13.7. The Hall–Kier alpha value is -1.41. The van der Waals surface area contributed by atoms with E-state index in [1.807, 2.05) is 25.1 Å². The summed E-state index contributed by atoms with van der Waals surface area (Å²) in [6.07, 6.45) is -0.560. The highest BCUT2D eigenvalue weighted by atomic mass is 19.1. The van der Waals surface area contributed by atoms with Crippen molar-refractivity contribution < 1.29 is 9.50 Å². The van der Waals surface area contributed by atoms with Crippen molar-refractivity contribution in [3.63, 3.8) is 0 Å². The molecule has 2 aromatic rings. The van der Waals surface area contributed by atoms with E-state index < -0.39 is 6.10 Å². The van der Waals surface area contributed by atoms with Gasteiger partial charge in [-0.3, -0.25) is 0 Å². The summed E-state index contributed by atoms with van der Waals surface area (Å²) in [5, 5.41) is 11.8. The lowest BCUT2D eigenvalue weighted by atomic mass is 9.86. The number of fused-ring (bicyclic) bond motifs is 1. The maximum Gasteiger partial charge on any atom is 0.131 e. The molecule has 0 aliphatic carbocycles. The van der Waals surface area contributed by atoms with Crippen LogP contribution in [0.1, 0.15) is 32.4 Å². The molecule has 0 radical (unpaired) electrons. The first kappa shape index (κ1) is 13.0. The maximum atomic E-state index is 13.7. The molecule has 0 heterocycles. The van der Waals surface area contributed by atoms with Gasteiger partial charge in [0.15, 0.2) is 0 Å². The smallest absolute Gasteiger partial charge is 0.131 e. The highest BCUT2D eigenvalue weighted by Crippen LogP contribution is 2.33. The highest BCUT2D eigenvalue weighted by molar-refractivity contribution is 5.86. The first-order valence-corrected chi connectivity index (χ1v) is 6.37. The fraction of sp³-hybridized carbons (Fsp3) is 0.375. The number of hydrogen-bond acceptors (Lipinski definition) is 1. The number of halogens is 1. The summed E-state index contributed by atoms with van der Waals surface area (Å²) in [4.78, 5) is 0. The molecular formula is C16H19FO. The SMILES string of the molecule is CC(C)C(C)C(O)c1ccc(F)c2ccccc12. The Kier molecular flexibility index (Phi) is 3.67. The van der Waals surface area contributed by atoms with Crippen molar-refractivity contribution >= 4 is 10.8 Å². The van der Waals surface area contributed by atoms with Crippen molar-refractivity contribution in [1.29, 1.82) is 0 Å². The van der Waals surface area contributed by atoms with Crippen LogP contribution in [0.25, 0.3) is 10.8 Å². The molecule has 96 valence electrons. The van der Waals surface area contributed by atoms with Crippen LogP contribution in [0.2, 0.25) is 0 Å². The van der Waals surface area contributed by atoms with Gasteiger partial charge in [0.05, 0.1) is 6.10 Å². The summed E-state index contributed by atoms with van der Waals surface area (Å²) in [6.45, 7) is 6.19. The third kappa shape index (κ3) is 2.25. The van der Waals surface area contributed by atoms with Gasteiger partial charge in [-0.15, -0.1) is 0 Å². The van der Waals surface area contributed by atoms with Crippen LogP contribution in [0, 0.1) is 17.7 Å². The van der Waals surface area contributed by atoms with E-state index in [9.17, 15) is 9.50 Å². The third-order valence-corrected chi connectivity index (χ3v) is 3.77. The van der Waals surface area contributed by atoms with Crippen molar-refractivity contribution in [2.45, 2.75) is 26.9 Å². The zero-order valence-corrected chi connectivity index (χ0v) is 11.0. The van der Waals surface area contributed by atoms with E-state index in [4.69, 9.17) is 0 Å². The second-order valence-corrected chi connectivity index (χ2v) is 5.23. The second-order valence-electron chi connectivity index (χ2n) is 5.23. The Morgan fingerprint density at radius 1 is 0.944 bits per heavy atom. The molecule has 2 unspecified atom stereocenters. The van der Waals surface area contributed by atoms with Crippen molar-refractivity contribution in [2.75, 3.05) is 0 Å². The summed E-state index contributed by atoms with van der Waals surface area (Å²) >= 11 is 0. The number of aliphatic hydroxyl groups excluding tert-OH is 1. The molecule has 1 N–H and O–H groups in total. The van der Waals surface area contributed by atoms with Crippen LogP contribution in [0.3, 0.4) is 0 Å². The van der Waals surface area contributed by atoms with Gasteiger partial charge in [0.25, 0.3) is 0 Å². The average Bonchev–Trinajstić information content (AvgIpc) is 2.38. The molecule has 0 saturated carbocycles. The van der Waals surface area contributed by atoms with Gasteiger partial charge in [-0.05, 0) is 28.9 Å². The largest absolute Gasteiger partial charge is 0.388 e. The number of benzene rings is 2. The van der Waals surface area contributed by atoms with Crippen LogP contribution < -0.4 is 0 Å². The molecule has 2 atom stereocenters. The van der Waals surface area contributed by atoms with Crippen LogP contribution in [0.15, 0.2) is 36.4 Å². The van der Waals surface area contributed by atoms with Crippen LogP contribution in [0.5, 0.6) is 0 Å². The van der Waals surface area contributed by atoms with Crippen molar-refractivity contribution in [2.24, 2.45) is 11.8 Å². The van der Waals surface area contributed by atoms with Crippen molar-refractivity contribution in [3.05, 3.63) is 47.8 Å². The quantitative estimate of drug-likeness (QED) is 0.855. The number of aliphatic hydroxyl groups is 1. The first-order chi connectivity index (χ1) is 8.52. The predicted octanol–water partition coefficient (Wildman–Crippen LogP) is 4.30. The van der Waals surface area contributed by atoms with E-state index in [0.29, 0.717) is 11.3 Å². The van der Waals surface area contributed by atoms with E-state index in [2.05, 4.69) is 13.8 Å². The summed E-state index contributed by atoms with van der Waals surface area (Å²) in [7, 11) is 0. The lowest BCUT2D eigenvalue weighted by molar-refractivity contribution is 0.0934. The van der Waals surface area contributed by atoms with Gasteiger partial charge in [-0.2, -0.15) is 0 Å². The van der Waals surface area contributed by atoms with Gasteiger partial charge in [0, 0.05) is 5.39 Å². The first-order valence-electron chi connectivity index (χ1n) is 6.37. The zero-order chi connectivity index (χ0) is 13.3. The van der Waals surface area contributed by atoms with Gasteiger partial charge in [0.1, 0.15) is 5.82 Å². The third-order valence-electron chi connectivity index (χ3n) is 3.77. The minimum Gasteiger partial charge on any atom is -0.388 e. The van der Waals surface area contributed by atoms with Crippen molar-refractivity contribution in [1.82, 2.24) is 0 Å². The lowest BCUT2D eigenvalue weighted by Crippen LogP contribution is -2.15. The molecule has 2 heteroatoms. The normalized spacial score (nSPS) is 15.0. The van der Waals surface area contributed by atoms with Gasteiger partial charge in [-0.1, -0.05) is 51.1 Å². The average molecular weight is 246 g/mol. The minimum atomic E-state index is -0.560. The standard InChI is InChI=1S/C16H19FO/c1-10(2)11(3)16(18)14-8-9-15(17)13-7-5-4-6-12(13)14/h4-11,16,18H,1-3H3. The highest BCUT2D eigenvalue weighted by Gasteiger charge is 2.21. The van der Waals surface area contributed by atoms with Crippen LogP contribution in [0.4, 0.5) is 4.39 Å². The second kappa shape index (κ2) is 5.07. The topological polar surface area (TPSA) is 20.2 Å². The molecule has 18 heavy (non-hydrogen) atoms. The molecule has 0 aliphatic heterocycles. The molecule has 2 rings (SSSR count). The van der Waals surface area contributed by atoms with Crippen LogP contribution in [-0.4, -0.2) is 5.11 Å². The molecule has 0 spiro atoms. The molecule has 2 aromatic carbocycles. The minimum absolute atomic E-state index is 0.138. The molecule has 0 aliphatic rings. The molecule has 0 fully saturated rings. The summed E-state index contributed by atoms with van der Waals surface area (Å²) in [6, 6.07) is 10.4. The molecule has 0 amide bonds. The van der Waals surface area contributed by atoms with Crippen LogP contribution >= 0.6 is 0 Å². The van der Waals surface area contributed by atoms with Gasteiger partial charge in [0.2, 0.25) is 0 Å². The van der Waals surface area contributed by atoms with E-state index in [1.165, 1.54) is 6.07 Å². The monoisotopic (exact) mass is 246 g/mol. The fourth-order valence-corrected chi connectivity index (χ4v) is 2.19. The van der Waals surface area contributed by atoms with Gasteiger partial charge >= 0.3 is 0 Å². The molecule has 0 aromatic heterocycles. The fourth-order valence-electron chi connectivity index (χ4n) is 2.19. The Bertz CT molecular complexity index is 548. The Morgan fingerprint density at radius 2 is 1.56 bits per heavy atom. The van der Waals surface area contributed by atoms with E-state index in [1.54, 1.807) is 12.1 Å². The Morgan fingerprint density at radius 3 is 2.17 bits per heavy atom. The van der Waals surface area contributed by atoms with E-state index in [0.717, 1.165) is 10.9 Å². The van der Waals surface area contributed by atoms with E-state index in [-0.39, 0.29) is 11.7 Å². The summed E-state index contributed by atoms with van der Waals surface area (Å²) in [5.41, 5.74) is 0.813. The summed E-state index contributed by atoms with van der Waals surface area (Å²) < 4.78 is 13.7. The van der Waals surface area contributed by atoms with Crippen molar-refractivity contribution in [3.8, 4) is 0 Å². The van der Waals surface area contributed by atoms with Gasteiger partial charge < -0.3 is 5.11 Å². The van der Waals surface area contributed by atoms with E-state index >= 15 is 0 Å². The zero-order valence-electron chi connectivity index (χ0n) is 11.0. The number of hydrogen-bond donors (Lipinski definition) is 1. The molecular weight excluding hydrogens is 227 g/mol. The molecule has 1 nitrogen and oxygen atoms in total. The molecule has 0 saturated heterocycles. The predicted molar refractivity (Wildman–Crippen MR) is 72.9 cm³/mol. The summed E-state index contributed by atoms with van der Waals surface area (Å²) in [5.74, 6) is 0.279. The Labute approximate surface area is 107 Å². The Balaban J connectivity index is 2.55. The van der Waals surface area contributed by atoms with Crippen LogP contribution in [-0.2, 0) is 0 Å².